The standard InChI is InChI=1S/C15H29NO/c1-4-5-6-7-9-17-10-8-14-12-15(14)11-13(2)16-3/h5-6,13-16H,4,7-12H2,1-3H3. The fourth-order valence-corrected chi connectivity index (χ4v) is 2.30. The van der Waals surface area contributed by atoms with E-state index in [1.165, 1.54) is 19.3 Å². The smallest absolute Gasteiger partial charge is 0.0500 e. The van der Waals surface area contributed by atoms with Crippen LogP contribution in [0.5, 0.6) is 0 Å². The molecule has 0 amide bonds. The van der Waals surface area contributed by atoms with E-state index in [0.29, 0.717) is 6.04 Å². The number of rotatable bonds is 10. The summed E-state index contributed by atoms with van der Waals surface area (Å²) in [6.07, 6.45) is 10.6. The topological polar surface area (TPSA) is 21.3 Å². The zero-order valence-corrected chi connectivity index (χ0v) is 11.7. The second-order valence-electron chi connectivity index (χ2n) is 5.25. The summed E-state index contributed by atoms with van der Waals surface area (Å²) in [5, 5.41) is 3.31. The Bertz CT molecular complexity index is 215. The van der Waals surface area contributed by atoms with E-state index in [4.69, 9.17) is 4.74 Å². The van der Waals surface area contributed by atoms with E-state index in [2.05, 4.69) is 38.4 Å². The average molecular weight is 239 g/mol. The van der Waals surface area contributed by atoms with Crippen LogP contribution in [0.2, 0.25) is 0 Å². The molecule has 2 heteroatoms. The van der Waals surface area contributed by atoms with E-state index in [1.807, 2.05) is 0 Å². The van der Waals surface area contributed by atoms with Crippen molar-refractivity contribution in [3.05, 3.63) is 12.2 Å². The van der Waals surface area contributed by atoms with Gasteiger partial charge in [0.2, 0.25) is 0 Å². The van der Waals surface area contributed by atoms with Crippen LogP contribution < -0.4 is 5.32 Å². The van der Waals surface area contributed by atoms with E-state index in [-0.39, 0.29) is 0 Å². The minimum Gasteiger partial charge on any atom is -0.381 e. The molecule has 100 valence electrons. The molecular formula is C15H29NO. The Hall–Kier alpha value is -0.340. The van der Waals surface area contributed by atoms with Crippen molar-refractivity contribution in [2.24, 2.45) is 11.8 Å². The van der Waals surface area contributed by atoms with Gasteiger partial charge in [0.15, 0.2) is 0 Å². The summed E-state index contributed by atoms with van der Waals surface area (Å²) in [5.41, 5.74) is 0. The van der Waals surface area contributed by atoms with Crippen LogP contribution in [0.4, 0.5) is 0 Å². The van der Waals surface area contributed by atoms with E-state index < -0.39 is 0 Å². The molecule has 0 spiro atoms. The quantitative estimate of drug-likeness (QED) is 0.466. The summed E-state index contributed by atoms with van der Waals surface area (Å²) in [7, 11) is 2.05. The average Bonchev–Trinajstić information content (AvgIpc) is 3.06. The summed E-state index contributed by atoms with van der Waals surface area (Å²) in [6, 6.07) is 0.671. The van der Waals surface area contributed by atoms with Crippen molar-refractivity contribution in [2.45, 2.75) is 52.0 Å². The first-order valence-electron chi connectivity index (χ1n) is 7.17. The Morgan fingerprint density at radius 2 is 2.12 bits per heavy atom. The maximum Gasteiger partial charge on any atom is 0.0500 e. The van der Waals surface area contributed by atoms with Crippen LogP contribution in [0.15, 0.2) is 12.2 Å². The molecule has 0 aliphatic heterocycles. The molecule has 0 aromatic heterocycles. The lowest BCUT2D eigenvalue weighted by molar-refractivity contribution is 0.131. The van der Waals surface area contributed by atoms with Crippen LogP contribution in [0.3, 0.4) is 0 Å². The van der Waals surface area contributed by atoms with Gasteiger partial charge < -0.3 is 10.1 Å². The van der Waals surface area contributed by atoms with Gasteiger partial charge in [-0.3, -0.25) is 0 Å². The molecule has 0 radical (unpaired) electrons. The van der Waals surface area contributed by atoms with Crippen LogP contribution in [-0.2, 0) is 4.74 Å². The zero-order valence-electron chi connectivity index (χ0n) is 11.7. The number of hydrogen-bond acceptors (Lipinski definition) is 2. The maximum atomic E-state index is 5.64. The van der Waals surface area contributed by atoms with Crippen molar-refractivity contribution in [1.82, 2.24) is 5.32 Å². The van der Waals surface area contributed by atoms with Crippen LogP contribution in [0.25, 0.3) is 0 Å². The highest BCUT2D eigenvalue weighted by atomic mass is 16.5. The Balaban J connectivity index is 1.87. The predicted octanol–water partition coefficient (Wildman–Crippen LogP) is 3.38. The minimum atomic E-state index is 0.671. The summed E-state index contributed by atoms with van der Waals surface area (Å²) < 4.78 is 5.64. The Morgan fingerprint density at radius 3 is 2.82 bits per heavy atom. The first-order valence-corrected chi connectivity index (χ1v) is 7.17. The molecule has 1 fully saturated rings. The second-order valence-corrected chi connectivity index (χ2v) is 5.25. The van der Waals surface area contributed by atoms with E-state index in [0.717, 1.165) is 37.9 Å². The van der Waals surface area contributed by atoms with Crippen molar-refractivity contribution in [1.29, 1.82) is 0 Å². The second kappa shape index (κ2) is 8.71. The summed E-state index contributed by atoms with van der Waals surface area (Å²) >= 11 is 0. The molecule has 0 saturated heterocycles. The van der Waals surface area contributed by atoms with Gasteiger partial charge >= 0.3 is 0 Å². The molecular weight excluding hydrogens is 210 g/mol. The van der Waals surface area contributed by atoms with Gasteiger partial charge in [-0.2, -0.15) is 0 Å². The van der Waals surface area contributed by atoms with Crippen LogP contribution in [0.1, 0.15) is 46.0 Å². The molecule has 1 saturated carbocycles. The lowest BCUT2D eigenvalue weighted by atomic mass is 10.1. The molecule has 1 aliphatic rings. The van der Waals surface area contributed by atoms with Crippen molar-refractivity contribution < 1.29 is 4.74 Å². The highest BCUT2D eigenvalue weighted by Crippen LogP contribution is 2.44. The largest absolute Gasteiger partial charge is 0.381 e. The molecule has 3 unspecified atom stereocenters. The number of hydrogen-bond donors (Lipinski definition) is 1. The molecule has 3 atom stereocenters. The Labute approximate surface area is 107 Å². The Morgan fingerprint density at radius 1 is 1.29 bits per heavy atom. The van der Waals surface area contributed by atoms with Gasteiger partial charge in [-0.25, -0.2) is 0 Å². The predicted molar refractivity (Wildman–Crippen MR) is 74.2 cm³/mol. The van der Waals surface area contributed by atoms with Crippen molar-refractivity contribution in [2.75, 3.05) is 20.3 Å². The summed E-state index contributed by atoms with van der Waals surface area (Å²) in [6.45, 7) is 6.28. The lowest BCUT2D eigenvalue weighted by Gasteiger charge is -2.09. The van der Waals surface area contributed by atoms with E-state index in [9.17, 15) is 0 Å². The van der Waals surface area contributed by atoms with Gasteiger partial charge in [0.1, 0.15) is 0 Å². The minimum absolute atomic E-state index is 0.671. The molecule has 0 bridgehead atoms. The van der Waals surface area contributed by atoms with Gasteiger partial charge in [-0.05, 0) is 57.9 Å². The Kier molecular flexibility index (Phi) is 7.54. The van der Waals surface area contributed by atoms with Crippen LogP contribution >= 0.6 is 0 Å². The molecule has 17 heavy (non-hydrogen) atoms. The van der Waals surface area contributed by atoms with Gasteiger partial charge in [0, 0.05) is 12.6 Å². The molecule has 1 aliphatic carbocycles. The van der Waals surface area contributed by atoms with Gasteiger partial charge in [-0.1, -0.05) is 19.1 Å². The number of ether oxygens (including phenoxy) is 1. The summed E-state index contributed by atoms with van der Waals surface area (Å²) in [4.78, 5) is 0. The monoisotopic (exact) mass is 239 g/mol. The van der Waals surface area contributed by atoms with Crippen LogP contribution in [-0.4, -0.2) is 26.3 Å². The summed E-state index contributed by atoms with van der Waals surface area (Å²) in [5.74, 6) is 1.90. The highest BCUT2D eigenvalue weighted by molar-refractivity contribution is 4.88. The number of nitrogens with one attached hydrogen (secondary N) is 1. The molecule has 0 heterocycles. The third-order valence-electron chi connectivity index (χ3n) is 3.68. The zero-order chi connectivity index (χ0) is 12.5. The SMILES string of the molecule is CCC=CCCOCCC1CC1CC(C)NC. The fourth-order valence-electron chi connectivity index (χ4n) is 2.30. The molecule has 0 aromatic carbocycles. The number of allylic oxidation sites excluding steroid dienone is 1. The van der Waals surface area contributed by atoms with Crippen LogP contribution in [0, 0.1) is 11.8 Å². The third-order valence-corrected chi connectivity index (χ3v) is 3.68. The van der Waals surface area contributed by atoms with Crippen molar-refractivity contribution in [3.8, 4) is 0 Å². The van der Waals surface area contributed by atoms with Crippen molar-refractivity contribution >= 4 is 0 Å². The van der Waals surface area contributed by atoms with Crippen molar-refractivity contribution in [3.63, 3.8) is 0 Å². The van der Waals surface area contributed by atoms with E-state index >= 15 is 0 Å². The lowest BCUT2D eigenvalue weighted by Crippen LogP contribution is -2.21. The molecule has 0 aromatic rings. The van der Waals surface area contributed by atoms with E-state index in [1.54, 1.807) is 0 Å². The van der Waals surface area contributed by atoms with Gasteiger partial charge in [0.25, 0.3) is 0 Å². The first kappa shape index (κ1) is 14.7. The van der Waals surface area contributed by atoms with Gasteiger partial charge in [0.05, 0.1) is 6.61 Å². The normalized spacial score (nSPS) is 25.4. The molecule has 2 nitrogen and oxygen atoms in total. The highest BCUT2D eigenvalue weighted by Gasteiger charge is 2.36. The fraction of sp³-hybridized carbons (Fsp3) is 0.867. The van der Waals surface area contributed by atoms with Gasteiger partial charge in [-0.15, -0.1) is 0 Å². The molecule has 1 N–H and O–H groups in total. The maximum absolute atomic E-state index is 5.64. The molecule has 1 rings (SSSR count). The first-order chi connectivity index (χ1) is 8.27. The third kappa shape index (κ3) is 6.85.